The average Bonchev–Trinajstić information content (AvgIpc) is 2.77. The number of hydrogen-bond donors (Lipinski definition) is 1. The quantitative estimate of drug-likeness (QED) is 0.479. The normalized spacial score (nSPS) is 12.3. The zero-order valence-corrected chi connectivity index (χ0v) is 16.0. The molecule has 4 nitrogen and oxygen atoms in total. The second-order valence-corrected chi connectivity index (χ2v) is 6.31. The Balaban J connectivity index is 2.16. The van der Waals surface area contributed by atoms with Crippen LogP contribution in [0.15, 0.2) is 72.8 Å². The maximum absolute atomic E-state index is 11.7. The van der Waals surface area contributed by atoms with Gasteiger partial charge in [0.05, 0.1) is 20.3 Å². The Hall–Kier alpha value is -3.37. The van der Waals surface area contributed by atoms with E-state index in [0.29, 0.717) is 22.6 Å². The molecule has 0 saturated carbocycles. The molecular formula is C24H23NO3. The van der Waals surface area contributed by atoms with Gasteiger partial charge in [0.2, 0.25) is 0 Å². The third-order valence-electron chi connectivity index (χ3n) is 4.62. The van der Waals surface area contributed by atoms with Crippen LogP contribution in [-0.2, 0) is 0 Å². The Morgan fingerprint density at radius 1 is 0.893 bits per heavy atom. The molecule has 0 aliphatic heterocycles. The van der Waals surface area contributed by atoms with Crippen molar-refractivity contribution in [2.75, 3.05) is 14.2 Å². The maximum atomic E-state index is 11.7. The Morgan fingerprint density at radius 3 is 2.04 bits per heavy atom. The van der Waals surface area contributed by atoms with Gasteiger partial charge in [0, 0.05) is 5.56 Å². The zero-order chi connectivity index (χ0) is 19.9. The Labute approximate surface area is 165 Å². The smallest absolute Gasteiger partial charge is 0.161 e. The summed E-state index contributed by atoms with van der Waals surface area (Å²) in [6.45, 7) is 0. The highest BCUT2D eigenvalue weighted by Crippen LogP contribution is 2.37. The van der Waals surface area contributed by atoms with Gasteiger partial charge in [-0.1, -0.05) is 60.7 Å². The van der Waals surface area contributed by atoms with Gasteiger partial charge >= 0.3 is 0 Å². The minimum Gasteiger partial charge on any atom is -0.493 e. The van der Waals surface area contributed by atoms with Crippen LogP contribution in [0.5, 0.6) is 11.5 Å². The Bertz CT molecular complexity index is 966. The topological polar surface area (TPSA) is 61.5 Å². The summed E-state index contributed by atoms with van der Waals surface area (Å²) in [7, 11) is 3.10. The summed E-state index contributed by atoms with van der Waals surface area (Å²) in [5.74, 6) is 1.03. The van der Waals surface area contributed by atoms with Crippen molar-refractivity contribution in [2.45, 2.75) is 6.04 Å². The van der Waals surface area contributed by atoms with Gasteiger partial charge in [0.25, 0.3) is 0 Å². The van der Waals surface area contributed by atoms with Gasteiger partial charge < -0.3 is 15.2 Å². The van der Waals surface area contributed by atoms with Crippen LogP contribution < -0.4 is 15.2 Å². The van der Waals surface area contributed by atoms with Gasteiger partial charge in [-0.3, -0.25) is 4.79 Å². The number of rotatable bonds is 7. The largest absolute Gasteiger partial charge is 0.493 e. The summed E-state index contributed by atoms with van der Waals surface area (Å²) in [6.07, 6.45) is 2.84. The third kappa shape index (κ3) is 4.13. The molecule has 0 spiro atoms. The number of ether oxygens (including phenoxy) is 2. The molecular weight excluding hydrogens is 350 g/mol. The molecule has 3 aromatic rings. The minimum atomic E-state index is -0.525. The average molecular weight is 373 g/mol. The van der Waals surface area contributed by atoms with E-state index in [4.69, 9.17) is 15.2 Å². The van der Waals surface area contributed by atoms with Crippen LogP contribution in [0.2, 0.25) is 0 Å². The van der Waals surface area contributed by atoms with Gasteiger partial charge in [-0.2, -0.15) is 0 Å². The highest BCUT2D eigenvalue weighted by Gasteiger charge is 2.20. The van der Waals surface area contributed by atoms with Crippen molar-refractivity contribution in [3.05, 3.63) is 95.1 Å². The molecule has 1 unspecified atom stereocenters. The third-order valence-corrected chi connectivity index (χ3v) is 4.62. The first-order chi connectivity index (χ1) is 13.7. The lowest BCUT2D eigenvalue weighted by Gasteiger charge is -2.21. The van der Waals surface area contributed by atoms with E-state index in [1.165, 1.54) is 7.11 Å². The van der Waals surface area contributed by atoms with E-state index in [0.717, 1.165) is 23.0 Å². The number of carbonyl (C=O) groups is 1. The summed E-state index contributed by atoms with van der Waals surface area (Å²) < 4.78 is 10.7. The second-order valence-electron chi connectivity index (χ2n) is 6.31. The molecule has 1 atom stereocenters. The van der Waals surface area contributed by atoms with Crippen molar-refractivity contribution in [1.82, 2.24) is 0 Å². The van der Waals surface area contributed by atoms with Crippen molar-refractivity contribution < 1.29 is 14.3 Å². The molecule has 2 N–H and O–H groups in total. The van der Waals surface area contributed by atoms with Crippen LogP contribution >= 0.6 is 0 Å². The predicted octanol–water partition coefficient (Wildman–Crippen LogP) is 4.76. The summed E-state index contributed by atoms with van der Waals surface area (Å²) in [5, 5.41) is 0. The lowest BCUT2D eigenvalue weighted by Crippen LogP contribution is -2.15. The number of nitrogens with two attached hydrogens (primary N) is 1. The molecule has 0 fully saturated rings. The van der Waals surface area contributed by atoms with Crippen LogP contribution in [0, 0.1) is 0 Å². The predicted molar refractivity (Wildman–Crippen MR) is 113 cm³/mol. The van der Waals surface area contributed by atoms with Gasteiger partial charge in [-0.15, -0.1) is 0 Å². The van der Waals surface area contributed by atoms with Crippen molar-refractivity contribution in [1.29, 1.82) is 0 Å². The van der Waals surface area contributed by atoms with E-state index < -0.39 is 6.04 Å². The number of hydrogen-bond acceptors (Lipinski definition) is 4. The molecule has 3 rings (SSSR count). The first-order valence-corrected chi connectivity index (χ1v) is 8.96. The molecule has 0 radical (unpaired) electrons. The number of aldehydes is 1. The molecule has 0 aromatic heterocycles. The lowest BCUT2D eigenvalue weighted by molar-refractivity contribution is 0.112. The molecule has 0 heterocycles. The van der Waals surface area contributed by atoms with Crippen molar-refractivity contribution in [3.8, 4) is 11.5 Å². The summed E-state index contributed by atoms with van der Waals surface area (Å²) >= 11 is 0. The van der Waals surface area contributed by atoms with E-state index in [1.54, 1.807) is 19.2 Å². The number of carbonyl (C=O) groups excluding carboxylic acids is 1. The molecule has 0 bridgehead atoms. The molecule has 0 aliphatic rings. The van der Waals surface area contributed by atoms with Crippen LogP contribution in [0.25, 0.3) is 11.6 Å². The van der Waals surface area contributed by atoms with E-state index in [-0.39, 0.29) is 0 Å². The first kappa shape index (κ1) is 19.4. The molecule has 28 heavy (non-hydrogen) atoms. The number of benzene rings is 3. The van der Waals surface area contributed by atoms with Gasteiger partial charge in [0.1, 0.15) is 0 Å². The van der Waals surface area contributed by atoms with Crippen LogP contribution in [0.3, 0.4) is 0 Å². The van der Waals surface area contributed by atoms with E-state index in [2.05, 4.69) is 0 Å². The highest BCUT2D eigenvalue weighted by atomic mass is 16.5. The summed E-state index contributed by atoms with van der Waals surface area (Å²) in [6, 6.07) is 22.8. The van der Waals surface area contributed by atoms with E-state index >= 15 is 0 Å². The van der Waals surface area contributed by atoms with Crippen molar-refractivity contribution >= 4 is 17.9 Å². The Morgan fingerprint density at radius 2 is 1.46 bits per heavy atom. The maximum Gasteiger partial charge on any atom is 0.161 e. The highest BCUT2D eigenvalue weighted by molar-refractivity contribution is 5.88. The molecule has 3 aromatic carbocycles. The number of methoxy groups -OCH3 is 2. The van der Waals surface area contributed by atoms with Crippen LogP contribution in [0.1, 0.15) is 33.1 Å². The molecule has 4 heteroatoms. The molecule has 0 amide bonds. The molecule has 0 saturated heterocycles. The van der Waals surface area contributed by atoms with Gasteiger partial charge in [-0.25, -0.2) is 0 Å². The van der Waals surface area contributed by atoms with Gasteiger partial charge in [-0.05, 0) is 40.5 Å². The fourth-order valence-corrected chi connectivity index (χ4v) is 3.16. The monoisotopic (exact) mass is 373 g/mol. The standard InChI is InChI=1S/C24H23NO3/c1-27-22-14-19(16-26)21(15-23(22)28-2)24(25)20(18-11-7-4-8-12-18)13-17-9-5-3-6-10-17/h3-16,24H,25H2,1-2H3. The Kier molecular flexibility index (Phi) is 6.25. The van der Waals surface area contributed by atoms with Crippen LogP contribution in [0.4, 0.5) is 0 Å². The second kappa shape index (κ2) is 9.02. The van der Waals surface area contributed by atoms with E-state index in [1.807, 2.05) is 66.7 Å². The van der Waals surface area contributed by atoms with E-state index in [9.17, 15) is 4.79 Å². The van der Waals surface area contributed by atoms with Crippen molar-refractivity contribution in [2.24, 2.45) is 5.73 Å². The molecule has 0 aliphatic carbocycles. The minimum absolute atomic E-state index is 0.472. The first-order valence-electron chi connectivity index (χ1n) is 8.96. The fraction of sp³-hybridized carbons (Fsp3) is 0.125. The lowest BCUT2D eigenvalue weighted by atomic mass is 9.89. The van der Waals surface area contributed by atoms with Crippen molar-refractivity contribution in [3.63, 3.8) is 0 Å². The van der Waals surface area contributed by atoms with Gasteiger partial charge in [0.15, 0.2) is 17.8 Å². The SMILES string of the molecule is COc1cc(C=O)c(C(N)C(=Cc2ccccc2)c2ccccc2)cc1OC. The zero-order valence-electron chi connectivity index (χ0n) is 16.0. The molecule has 142 valence electrons. The summed E-state index contributed by atoms with van der Waals surface area (Å²) in [4.78, 5) is 11.7. The van der Waals surface area contributed by atoms with Crippen LogP contribution in [-0.4, -0.2) is 20.5 Å². The fourth-order valence-electron chi connectivity index (χ4n) is 3.16. The summed E-state index contributed by atoms with van der Waals surface area (Å²) in [5.41, 5.74) is 10.8.